The number of amides is 2. The van der Waals surface area contributed by atoms with E-state index in [0.29, 0.717) is 29.6 Å². The predicted octanol–water partition coefficient (Wildman–Crippen LogP) is 2.84. The van der Waals surface area contributed by atoms with Crippen LogP contribution in [0.1, 0.15) is 35.2 Å². The maximum atomic E-state index is 12.1. The van der Waals surface area contributed by atoms with Gasteiger partial charge in [-0.1, -0.05) is 35.0 Å². The van der Waals surface area contributed by atoms with Crippen LogP contribution in [-0.2, 0) is 11.2 Å². The summed E-state index contributed by atoms with van der Waals surface area (Å²) in [7, 11) is 0. The molecule has 29 heavy (non-hydrogen) atoms. The Bertz CT molecular complexity index is 965. The Morgan fingerprint density at radius 2 is 1.76 bits per heavy atom. The molecule has 150 valence electrons. The van der Waals surface area contributed by atoms with Gasteiger partial charge in [0.1, 0.15) is 5.75 Å². The van der Waals surface area contributed by atoms with Gasteiger partial charge in [0.05, 0.1) is 6.61 Å². The lowest BCUT2D eigenvalue weighted by atomic mass is 10.1. The molecule has 0 saturated heterocycles. The van der Waals surface area contributed by atoms with E-state index < -0.39 is 5.91 Å². The summed E-state index contributed by atoms with van der Waals surface area (Å²) in [6.07, 6.45) is 0.364. The number of hydrogen-bond acceptors (Lipinski definition) is 6. The van der Waals surface area contributed by atoms with E-state index >= 15 is 0 Å². The number of aromatic nitrogens is 2. The van der Waals surface area contributed by atoms with Crippen molar-refractivity contribution in [3.05, 3.63) is 65.5 Å². The molecule has 1 aromatic heterocycles. The van der Waals surface area contributed by atoms with Crippen LogP contribution in [0.15, 0.2) is 53.1 Å². The third-order valence-electron chi connectivity index (χ3n) is 4.09. The highest BCUT2D eigenvalue weighted by Crippen LogP contribution is 2.16. The second kappa shape index (κ2) is 9.50. The maximum absolute atomic E-state index is 12.1. The quantitative estimate of drug-likeness (QED) is 0.597. The lowest BCUT2D eigenvalue weighted by Crippen LogP contribution is -2.41. The van der Waals surface area contributed by atoms with Crippen molar-refractivity contribution in [2.24, 2.45) is 0 Å². The minimum Gasteiger partial charge on any atom is -0.494 e. The summed E-state index contributed by atoms with van der Waals surface area (Å²) in [6.45, 7) is 4.43. The van der Waals surface area contributed by atoms with Gasteiger partial charge in [-0.2, -0.15) is 4.98 Å². The van der Waals surface area contributed by atoms with E-state index in [2.05, 4.69) is 21.0 Å². The van der Waals surface area contributed by atoms with Crippen LogP contribution >= 0.6 is 0 Å². The topological polar surface area (TPSA) is 106 Å². The van der Waals surface area contributed by atoms with Crippen LogP contribution in [0.3, 0.4) is 0 Å². The molecule has 0 radical (unpaired) electrons. The Hall–Kier alpha value is -3.68. The number of nitrogens with one attached hydrogen (secondary N) is 2. The second-order valence-electron chi connectivity index (χ2n) is 6.34. The first-order valence-corrected chi connectivity index (χ1v) is 9.27. The van der Waals surface area contributed by atoms with Gasteiger partial charge in [-0.05, 0) is 38.1 Å². The standard InChI is InChI=1S/C21H22N4O4/c1-3-28-17-10-8-16(9-11-17)21(27)24-23-18(26)12-13-19-22-20(25-29-19)15-6-4-14(2)5-7-15/h4-11H,3,12-13H2,1-2H3,(H,23,26)(H,24,27). The molecule has 8 nitrogen and oxygen atoms in total. The summed E-state index contributed by atoms with van der Waals surface area (Å²) in [6, 6.07) is 14.4. The van der Waals surface area contributed by atoms with E-state index in [-0.39, 0.29) is 18.7 Å². The van der Waals surface area contributed by atoms with Crippen LogP contribution in [0.5, 0.6) is 5.75 Å². The Labute approximate surface area is 168 Å². The maximum Gasteiger partial charge on any atom is 0.269 e. The number of nitrogens with zero attached hydrogens (tertiary/aromatic N) is 2. The molecule has 0 aliphatic carbocycles. The van der Waals surface area contributed by atoms with E-state index in [1.807, 2.05) is 38.1 Å². The zero-order chi connectivity index (χ0) is 20.6. The van der Waals surface area contributed by atoms with Gasteiger partial charge in [0.15, 0.2) is 0 Å². The molecule has 8 heteroatoms. The van der Waals surface area contributed by atoms with Crippen molar-refractivity contribution in [3.63, 3.8) is 0 Å². The fourth-order valence-electron chi connectivity index (χ4n) is 2.53. The average molecular weight is 394 g/mol. The fourth-order valence-corrected chi connectivity index (χ4v) is 2.53. The molecular weight excluding hydrogens is 372 g/mol. The monoisotopic (exact) mass is 394 g/mol. The third kappa shape index (κ3) is 5.65. The summed E-state index contributed by atoms with van der Waals surface area (Å²) < 4.78 is 10.5. The Kier molecular flexibility index (Phi) is 6.57. The smallest absolute Gasteiger partial charge is 0.269 e. The van der Waals surface area contributed by atoms with Crippen LogP contribution < -0.4 is 15.6 Å². The van der Waals surface area contributed by atoms with Crippen molar-refractivity contribution in [3.8, 4) is 17.1 Å². The van der Waals surface area contributed by atoms with E-state index in [0.717, 1.165) is 11.1 Å². The molecule has 0 saturated carbocycles. The fraction of sp³-hybridized carbons (Fsp3) is 0.238. The first-order valence-electron chi connectivity index (χ1n) is 9.27. The molecule has 0 aliphatic rings. The highest BCUT2D eigenvalue weighted by atomic mass is 16.5. The molecule has 0 fully saturated rings. The van der Waals surface area contributed by atoms with E-state index in [1.54, 1.807) is 24.3 Å². The zero-order valence-corrected chi connectivity index (χ0v) is 16.3. The van der Waals surface area contributed by atoms with Crippen molar-refractivity contribution in [2.75, 3.05) is 6.61 Å². The molecule has 0 spiro atoms. The summed E-state index contributed by atoms with van der Waals surface area (Å²) in [5.74, 6) is 0.732. The highest BCUT2D eigenvalue weighted by molar-refractivity contribution is 5.95. The van der Waals surface area contributed by atoms with Gasteiger partial charge in [0.25, 0.3) is 5.91 Å². The summed E-state index contributed by atoms with van der Waals surface area (Å²) in [5.41, 5.74) is 7.15. The van der Waals surface area contributed by atoms with Gasteiger partial charge >= 0.3 is 0 Å². The van der Waals surface area contributed by atoms with Gasteiger partial charge in [-0.25, -0.2) is 0 Å². The minimum atomic E-state index is -0.416. The number of carbonyl (C=O) groups is 2. The van der Waals surface area contributed by atoms with Gasteiger partial charge < -0.3 is 9.26 Å². The van der Waals surface area contributed by atoms with Gasteiger partial charge in [-0.15, -0.1) is 0 Å². The van der Waals surface area contributed by atoms with E-state index in [1.165, 1.54) is 0 Å². The molecule has 2 aromatic carbocycles. The van der Waals surface area contributed by atoms with Crippen LogP contribution in [0.25, 0.3) is 11.4 Å². The van der Waals surface area contributed by atoms with Crippen LogP contribution in [0, 0.1) is 6.92 Å². The Balaban J connectivity index is 1.45. The molecule has 3 rings (SSSR count). The lowest BCUT2D eigenvalue weighted by molar-refractivity contribution is -0.121. The van der Waals surface area contributed by atoms with Crippen molar-refractivity contribution in [2.45, 2.75) is 26.7 Å². The number of benzene rings is 2. The largest absolute Gasteiger partial charge is 0.494 e. The lowest BCUT2D eigenvalue weighted by Gasteiger charge is -2.07. The van der Waals surface area contributed by atoms with E-state index in [4.69, 9.17) is 9.26 Å². The molecule has 0 bridgehead atoms. The van der Waals surface area contributed by atoms with Gasteiger partial charge in [0, 0.05) is 24.0 Å². The second-order valence-corrected chi connectivity index (χ2v) is 6.34. The first kappa shape index (κ1) is 20.1. The van der Waals surface area contributed by atoms with Gasteiger partial charge in [-0.3, -0.25) is 20.4 Å². The number of hydrazine groups is 1. The zero-order valence-electron chi connectivity index (χ0n) is 16.3. The summed E-state index contributed by atoms with van der Waals surface area (Å²) in [5, 5.41) is 3.93. The highest BCUT2D eigenvalue weighted by Gasteiger charge is 2.12. The normalized spacial score (nSPS) is 10.4. The van der Waals surface area contributed by atoms with Crippen molar-refractivity contribution in [1.29, 1.82) is 0 Å². The molecule has 3 aromatic rings. The number of hydrogen-bond donors (Lipinski definition) is 2. The molecule has 0 aliphatic heterocycles. The predicted molar refractivity (Wildman–Crippen MR) is 106 cm³/mol. The minimum absolute atomic E-state index is 0.0963. The molecule has 1 heterocycles. The number of rotatable bonds is 7. The number of ether oxygens (including phenoxy) is 1. The van der Waals surface area contributed by atoms with Crippen LogP contribution in [-0.4, -0.2) is 28.6 Å². The molecule has 2 N–H and O–H groups in total. The Morgan fingerprint density at radius 1 is 1.03 bits per heavy atom. The van der Waals surface area contributed by atoms with Crippen LogP contribution in [0.2, 0.25) is 0 Å². The summed E-state index contributed by atoms with van der Waals surface area (Å²) >= 11 is 0. The molecule has 0 atom stereocenters. The first-order chi connectivity index (χ1) is 14.0. The van der Waals surface area contributed by atoms with Gasteiger partial charge in [0.2, 0.25) is 17.6 Å². The van der Waals surface area contributed by atoms with E-state index in [9.17, 15) is 9.59 Å². The van der Waals surface area contributed by atoms with Crippen molar-refractivity contribution < 1.29 is 18.8 Å². The van der Waals surface area contributed by atoms with Crippen molar-refractivity contribution in [1.82, 2.24) is 21.0 Å². The number of carbonyl (C=O) groups excluding carboxylic acids is 2. The molecular formula is C21H22N4O4. The average Bonchev–Trinajstić information content (AvgIpc) is 3.21. The number of aryl methyl sites for hydroxylation is 2. The third-order valence-corrected chi connectivity index (χ3v) is 4.09. The Morgan fingerprint density at radius 3 is 2.45 bits per heavy atom. The van der Waals surface area contributed by atoms with Crippen molar-refractivity contribution >= 4 is 11.8 Å². The van der Waals surface area contributed by atoms with Crippen LogP contribution in [0.4, 0.5) is 0 Å². The summed E-state index contributed by atoms with van der Waals surface area (Å²) in [4.78, 5) is 28.3. The molecule has 2 amide bonds. The molecule has 0 unspecified atom stereocenters. The SMILES string of the molecule is CCOc1ccc(C(=O)NNC(=O)CCc2nc(-c3ccc(C)cc3)no2)cc1.